The monoisotopic (exact) mass is 338 g/mol. The maximum Gasteiger partial charge on any atom is 0.247 e. The highest BCUT2D eigenvalue weighted by molar-refractivity contribution is 5.93. The van der Waals surface area contributed by atoms with Crippen molar-refractivity contribution in [1.29, 1.82) is 0 Å². The summed E-state index contributed by atoms with van der Waals surface area (Å²) in [6.45, 7) is 4.95. The fourth-order valence-corrected chi connectivity index (χ4v) is 3.03. The van der Waals surface area contributed by atoms with E-state index in [0.29, 0.717) is 6.54 Å². The first-order valence-corrected chi connectivity index (χ1v) is 8.60. The zero-order chi connectivity index (χ0) is 17.6. The Morgan fingerprint density at radius 3 is 2.64 bits per heavy atom. The molecular weight excluding hydrogens is 315 g/mol. The fourth-order valence-electron chi connectivity index (χ4n) is 3.03. The lowest BCUT2D eigenvalue weighted by Gasteiger charge is -2.26. The Bertz CT molecular complexity index is 768. The van der Waals surface area contributed by atoms with Gasteiger partial charge in [-0.25, -0.2) is 4.39 Å². The van der Waals surface area contributed by atoms with Gasteiger partial charge in [-0.2, -0.15) is 0 Å². The summed E-state index contributed by atoms with van der Waals surface area (Å²) in [5.41, 5.74) is 4.24. The van der Waals surface area contributed by atoms with Crippen molar-refractivity contribution in [3.8, 4) is 0 Å². The van der Waals surface area contributed by atoms with Crippen LogP contribution in [0.4, 0.5) is 4.39 Å². The topological polar surface area (TPSA) is 32.3 Å². The summed E-state index contributed by atoms with van der Waals surface area (Å²) in [7, 11) is 0. The van der Waals surface area contributed by atoms with Crippen LogP contribution in [0.5, 0.6) is 0 Å². The zero-order valence-corrected chi connectivity index (χ0v) is 14.5. The first-order chi connectivity index (χ1) is 12.1. The van der Waals surface area contributed by atoms with E-state index in [0.717, 1.165) is 42.8 Å². The van der Waals surface area contributed by atoms with Gasteiger partial charge in [-0.15, -0.1) is 0 Å². The van der Waals surface area contributed by atoms with Gasteiger partial charge < -0.3 is 5.32 Å². The summed E-state index contributed by atoms with van der Waals surface area (Å²) >= 11 is 0. The van der Waals surface area contributed by atoms with Crippen molar-refractivity contribution >= 4 is 5.91 Å². The molecular formula is C21H23FN2O. The molecule has 0 aromatic heterocycles. The van der Waals surface area contributed by atoms with Gasteiger partial charge in [0.25, 0.3) is 0 Å². The minimum atomic E-state index is -0.213. The molecule has 1 N–H and O–H groups in total. The average Bonchev–Trinajstić information content (AvgIpc) is 2.62. The van der Waals surface area contributed by atoms with Gasteiger partial charge in [0.2, 0.25) is 5.91 Å². The predicted octanol–water partition coefficient (Wildman–Crippen LogP) is 3.58. The normalized spacial score (nSPS) is 14.9. The van der Waals surface area contributed by atoms with E-state index in [1.807, 2.05) is 43.3 Å². The second-order valence-corrected chi connectivity index (χ2v) is 6.51. The molecule has 0 atom stereocenters. The van der Waals surface area contributed by atoms with Crippen LogP contribution in [-0.2, 0) is 17.9 Å². The molecule has 4 heteroatoms. The Morgan fingerprint density at radius 1 is 1.16 bits per heavy atom. The molecule has 1 amide bonds. The van der Waals surface area contributed by atoms with Crippen molar-refractivity contribution in [3.63, 3.8) is 0 Å². The molecule has 2 aromatic rings. The molecule has 25 heavy (non-hydrogen) atoms. The van der Waals surface area contributed by atoms with Gasteiger partial charge in [0.15, 0.2) is 0 Å². The highest BCUT2D eigenvalue weighted by Gasteiger charge is 2.17. The minimum absolute atomic E-state index is 0.0166. The second kappa shape index (κ2) is 8.08. The number of benzene rings is 2. The lowest BCUT2D eigenvalue weighted by molar-refractivity contribution is -0.117. The summed E-state index contributed by atoms with van der Waals surface area (Å²) in [5, 5.41) is 3.00. The number of carbonyl (C=O) groups excluding carboxylic acids is 1. The van der Waals surface area contributed by atoms with Gasteiger partial charge in [0, 0.05) is 31.8 Å². The Labute approximate surface area is 148 Å². The molecule has 0 aliphatic carbocycles. The van der Waals surface area contributed by atoms with Crippen LogP contribution in [-0.4, -0.2) is 23.9 Å². The molecule has 130 valence electrons. The largest absolute Gasteiger partial charge is 0.348 e. The van der Waals surface area contributed by atoms with E-state index in [4.69, 9.17) is 0 Å². The van der Waals surface area contributed by atoms with E-state index >= 15 is 0 Å². The van der Waals surface area contributed by atoms with Crippen molar-refractivity contribution in [2.24, 2.45) is 0 Å². The predicted molar refractivity (Wildman–Crippen MR) is 97.4 cm³/mol. The van der Waals surface area contributed by atoms with E-state index in [1.165, 1.54) is 17.7 Å². The number of hydrogen-bond acceptors (Lipinski definition) is 2. The maximum atomic E-state index is 13.0. The number of carbonyl (C=O) groups is 1. The van der Waals surface area contributed by atoms with Crippen molar-refractivity contribution in [2.45, 2.75) is 26.4 Å². The molecule has 1 aliphatic rings. The molecule has 0 unspecified atom stereocenters. The molecule has 0 fully saturated rings. The van der Waals surface area contributed by atoms with Gasteiger partial charge >= 0.3 is 0 Å². The molecule has 0 bridgehead atoms. The first-order valence-electron chi connectivity index (χ1n) is 8.60. The highest BCUT2D eigenvalue weighted by Crippen LogP contribution is 2.15. The summed E-state index contributed by atoms with van der Waals surface area (Å²) in [6, 6.07) is 14.7. The van der Waals surface area contributed by atoms with Gasteiger partial charge in [-0.1, -0.05) is 48.0 Å². The van der Waals surface area contributed by atoms with Crippen molar-refractivity contribution in [2.75, 3.05) is 13.1 Å². The Kier molecular flexibility index (Phi) is 5.61. The van der Waals surface area contributed by atoms with Crippen LogP contribution in [0.2, 0.25) is 0 Å². The lowest BCUT2D eigenvalue weighted by Crippen LogP contribution is -2.33. The van der Waals surface area contributed by atoms with Crippen molar-refractivity contribution < 1.29 is 9.18 Å². The number of hydrogen-bond donors (Lipinski definition) is 1. The summed E-state index contributed by atoms with van der Waals surface area (Å²) < 4.78 is 13.0. The zero-order valence-electron chi connectivity index (χ0n) is 14.5. The molecule has 0 radical (unpaired) electrons. The lowest BCUT2D eigenvalue weighted by atomic mass is 10.1. The van der Waals surface area contributed by atoms with Crippen LogP contribution >= 0.6 is 0 Å². The molecule has 2 aromatic carbocycles. The van der Waals surface area contributed by atoms with E-state index in [2.05, 4.69) is 16.3 Å². The molecule has 0 spiro atoms. The smallest absolute Gasteiger partial charge is 0.247 e. The number of nitrogens with zero attached hydrogens (tertiary/aromatic N) is 1. The molecule has 3 rings (SSSR count). The molecule has 1 aliphatic heterocycles. The summed E-state index contributed by atoms with van der Waals surface area (Å²) in [5.74, 6) is -0.196. The third-order valence-corrected chi connectivity index (χ3v) is 4.44. The first kappa shape index (κ1) is 17.4. The summed E-state index contributed by atoms with van der Waals surface area (Å²) in [6.07, 6.45) is 2.74. The number of rotatable bonds is 5. The quantitative estimate of drug-likeness (QED) is 0.904. The van der Waals surface area contributed by atoms with Crippen LogP contribution in [0.25, 0.3) is 0 Å². The van der Waals surface area contributed by atoms with Crippen LogP contribution in [0.3, 0.4) is 0 Å². The maximum absolute atomic E-state index is 13.0. The molecule has 1 heterocycles. The number of halogens is 1. The third-order valence-electron chi connectivity index (χ3n) is 4.44. The van der Waals surface area contributed by atoms with Gasteiger partial charge in [-0.05, 0) is 36.6 Å². The van der Waals surface area contributed by atoms with Crippen LogP contribution in [0.15, 0.2) is 60.2 Å². The van der Waals surface area contributed by atoms with E-state index < -0.39 is 0 Å². The Balaban J connectivity index is 1.50. The van der Waals surface area contributed by atoms with E-state index in [9.17, 15) is 9.18 Å². The van der Waals surface area contributed by atoms with Crippen LogP contribution in [0.1, 0.15) is 23.1 Å². The van der Waals surface area contributed by atoms with E-state index in [1.54, 1.807) is 0 Å². The van der Waals surface area contributed by atoms with Gasteiger partial charge in [0.1, 0.15) is 5.82 Å². The fraction of sp³-hybridized carbons (Fsp3) is 0.286. The Hall–Kier alpha value is -2.46. The summed E-state index contributed by atoms with van der Waals surface area (Å²) in [4.78, 5) is 14.6. The standard InChI is InChI=1S/C21H23FN2O/c1-16-3-2-4-18(13-16)14-23-21(25)19-9-11-24(12-10-19)15-17-5-7-20(22)8-6-17/h2-9,13H,10-12,14-15H2,1H3,(H,23,25). The minimum Gasteiger partial charge on any atom is -0.348 e. The van der Waals surface area contributed by atoms with Gasteiger partial charge in [-0.3, -0.25) is 9.69 Å². The van der Waals surface area contributed by atoms with Crippen molar-refractivity contribution in [1.82, 2.24) is 10.2 Å². The van der Waals surface area contributed by atoms with E-state index in [-0.39, 0.29) is 11.7 Å². The van der Waals surface area contributed by atoms with Crippen molar-refractivity contribution in [3.05, 3.63) is 82.7 Å². The molecule has 0 saturated carbocycles. The highest BCUT2D eigenvalue weighted by atomic mass is 19.1. The number of amides is 1. The second-order valence-electron chi connectivity index (χ2n) is 6.51. The Morgan fingerprint density at radius 2 is 1.96 bits per heavy atom. The third kappa shape index (κ3) is 5.00. The number of nitrogens with one attached hydrogen (secondary N) is 1. The average molecular weight is 338 g/mol. The SMILES string of the molecule is Cc1cccc(CNC(=O)C2=CCN(Cc3ccc(F)cc3)CC2)c1. The molecule has 0 saturated heterocycles. The van der Waals surface area contributed by atoms with Crippen LogP contribution in [0, 0.1) is 12.7 Å². The number of aryl methyl sites for hydroxylation is 1. The van der Waals surface area contributed by atoms with Gasteiger partial charge in [0.05, 0.1) is 0 Å². The molecule has 3 nitrogen and oxygen atoms in total. The van der Waals surface area contributed by atoms with Crippen LogP contribution < -0.4 is 5.32 Å².